The van der Waals surface area contributed by atoms with Crippen LogP contribution in [0.1, 0.15) is 23.1 Å². The normalized spacial score (nSPS) is 15.3. The van der Waals surface area contributed by atoms with Crippen molar-refractivity contribution in [1.29, 1.82) is 0 Å². The van der Waals surface area contributed by atoms with E-state index in [-0.39, 0.29) is 0 Å². The van der Waals surface area contributed by atoms with Gasteiger partial charge in [0.15, 0.2) is 0 Å². The first-order valence-corrected chi connectivity index (χ1v) is 36.2. The van der Waals surface area contributed by atoms with Crippen molar-refractivity contribution in [2.24, 2.45) is 0 Å². The molecule has 0 amide bonds. The van der Waals surface area contributed by atoms with Gasteiger partial charge in [-0.1, -0.05) is 0 Å². The van der Waals surface area contributed by atoms with E-state index in [1.54, 1.807) is 16.7 Å². The summed E-state index contributed by atoms with van der Waals surface area (Å²) in [5.41, 5.74) is 4.67. The molecule has 0 fully saturated rings. The van der Waals surface area contributed by atoms with Gasteiger partial charge in [-0.25, -0.2) is 0 Å². The second kappa shape index (κ2) is 9.36. The molecule has 0 atom stereocenters. The number of rotatable bonds is 8. The maximum atomic E-state index is 2.76. The molecule has 0 saturated carbocycles. The van der Waals surface area contributed by atoms with Crippen molar-refractivity contribution < 1.29 is 14.6 Å². The summed E-state index contributed by atoms with van der Waals surface area (Å²) in [6, 6.07) is 34.3. The summed E-state index contributed by atoms with van der Waals surface area (Å²) in [5, 5.41) is 0. The Hall–Kier alpha value is -1.18. The zero-order chi connectivity index (χ0) is 21.8. The van der Waals surface area contributed by atoms with E-state index >= 15 is 0 Å². The predicted molar refractivity (Wildman–Crippen MR) is 136 cm³/mol. The summed E-state index contributed by atoms with van der Waals surface area (Å²) in [6.07, 6.45) is 8.50. The summed E-state index contributed by atoms with van der Waals surface area (Å²) in [6.45, 7) is 0. The number of allylic oxidation sites excluding steroid dienone is 4. The van der Waals surface area contributed by atoms with Crippen molar-refractivity contribution in [3.8, 4) is 0 Å². The van der Waals surface area contributed by atoms with E-state index in [0.717, 1.165) is 0 Å². The molecule has 3 aromatic carbocycles. The van der Waals surface area contributed by atoms with E-state index in [0.29, 0.717) is 0 Å². The van der Waals surface area contributed by atoms with Crippen LogP contribution in [0.3, 0.4) is 0 Å². The fraction of sp³-hybridized carbons (Fsp3) is 0.241. The molecule has 4 rings (SSSR count). The quantitative estimate of drug-likeness (QED) is 0.233. The van der Waals surface area contributed by atoms with Gasteiger partial charge in [-0.3, -0.25) is 0 Å². The SMILES string of the molecule is [CH3][Sn]([CH3])([CH3])[Zr]([CH2]c1ccccc1)([CH2]c1ccccc1)([CH2]c1ccccc1)[C]1=CC=CC1. The predicted octanol–water partition coefficient (Wildman–Crippen LogP) is 7.96. The third-order valence-electron chi connectivity index (χ3n) is 8.00. The van der Waals surface area contributed by atoms with Crippen LogP contribution < -0.4 is 0 Å². The Bertz CT molecular complexity index is 956. The van der Waals surface area contributed by atoms with Crippen LogP contribution in [0.25, 0.3) is 0 Å². The van der Waals surface area contributed by atoms with Crippen LogP contribution in [0.4, 0.5) is 0 Å². The average Bonchev–Trinajstić information content (AvgIpc) is 3.31. The molecular formula is C29H35SnZr. The van der Waals surface area contributed by atoms with Gasteiger partial charge < -0.3 is 0 Å². The Kier molecular flexibility index (Phi) is 6.94. The van der Waals surface area contributed by atoms with E-state index in [1.807, 2.05) is 3.28 Å². The Morgan fingerprint density at radius 3 is 1.29 bits per heavy atom. The molecule has 0 N–H and O–H groups in total. The van der Waals surface area contributed by atoms with Crippen molar-refractivity contribution in [2.75, 3.05) is 0 Å². The molecule has 0 aliphatic heterocycles. The molecule has 0 bridgehead atoms. The van der Waals surface area contributed by atoms with Gasteiger partial charge >= 0.3 is 191 Å². The van der Waals surface area contributed by atoms with Gasteiger partial charge in [-0.15, -0.1) is 0 Å². The molecule has 0 aromatic heterocycles. The molecule has 0 nitrogen and oxygen atoms in total. The molecular weight excluding hydrogens is 558 g/mol. The number of hydrogen-bond donors (Lipinski definition) is 0. The number of benzene rings is 3. The minimum atomic E-state index is -3.60. The van der Waals surface area contributed by atoms with Gasteiger partial charge in [0.2, 0.25) is 0 Å². The van der Waals surface area contributed by atoms with Crippen LogP contribution in [0.15, 0.2) is 113 Å². The van der Waals surface area contributed by atoms with Gasteiger partial charge in [0.25, 0.3) is 0 Å². The number of hydrogen-bond acceptors (Lipinski definition) is 0. The van der Waals surface area contributed by atoms with Crippen molar-refractivity contribution in [2.45, 2.75) is 33.6 Å². The van der Waals surface area contributed by atoms with Crippen molar-refractivity contribution in [3.63, 3.8) is 0 Å². The van der Waals surface area contributed by atoms with Gasteiger partial charge in [-0.2, -0.15) is 0 Å². The van der Waals surface area contributed by atoms with Gasteiger partial charge in [0.1, 0.15) is 0 Å². The van der Waals surface area contributed by atoms with Crippen LogP contribution in [-0.2, 0) is 27.0 Å². The third kappa shape index (κ3) is 4.51. The molecule has 0 heterocycles. The molecule has 0 radical (unpaired) electrons. The average molecular weight is 594 g/mol. The summed E-state index contributed by atoms with van der Waals surface area (Å²) >= 11 is -6.14. The monoisotopic (exact) mass is 593 g/mol. The standard InChI is InChI=1S/3C7H7.C5H5.3CH3.Sn.Zr/c3*1-7-5-3-2-4-6-7;1-2-4-5-3-1;;;;;/h3*2-6H,1H2;1-3H,4H2;3*1H3;;. The van der Waals surface area contributed by atoms with Gasteiger partial charge in [-0.05, 0) is 0 Å². The summed E-state index contributed by atoms with van der Waals surface area (Å²) in [7, 11) is 0. The first-order valence-electron chi connectivity index (χ1n) is 11.6. The molecule has 31 heavy (non-hydrogen) atoms. The van der Waals surface area contributed by atoms with E-state index in [4.69, 9.17) is 0 Å². The fourth-order valence-corrected chi connectivity index (χ4v) is 83.4. The zero-order valence-electron chi connectivity index (χ0n) is 19.2. The van der Waals surface area contributed by atoms with E-state index in [9.17, 15) is 0 Å². The van der Waals surface area contributed by atoms with Crippen LogP contribution in [0.2, 0.25) is 14.8 Å². The second-order valence-corrected chi connectivity index (χ2v) is 83.9. The van der Waals surface area contributed by atoms with E-state index in [2.05, 4.69) is 124 Å². The molecule has 0 spiro atoms. The Morgan fingerprint density at radius 2 is 1.00 bits per heavy atom. The molecule has 3 aromatic rings. The first kappa shape index (κ1) is 23.0. The zero-order valence-corrected chi connectivity index (χ0v) is 24.5. The first-order chi connectivity index (χ1) is 14.9. The summed E-state index contributed by atoms with van der Waals surface area (Å²) < 4.78 is 5.82. The van der Waals surface area contributed by atoms with Crippen LogP contribution in [-0.4, -0.2) is 13.8 Å². The molecule has 2 heteroatoms. The van der Waals surface area contributed by atoms with Crippen molar-refractivity contribution in [3.05, 3.63) is 129 Å². The Labute approximate surface area is 189 Å². The third-order valence-corrected chi connectivity index (χ3v) is 113. The Balaban J connectivity index is 2.00. The molecule has 1 aliphatic carbocycles. The van der Waals surface area contributed by atoms with Gasteiger partial charge in [0, 0.05) is 0 Å². The topological polar surface area (TPSA) is 0 Å². The van der Waals surface area contributed by atoms with E-state index in [1.165, 1.54) is 18.8 Å². The van der Waals surface area contributed by atoms with Crippen LogP contribution >= 0.6 is 0 Å². The summed E-state index contributed by atoms with van der Waals surface area (Å²) in [4.78, 5) is 8.27. The maximum absolute atomic E-state index is 3.60. The van der Waals surface area contributed by atoms with Crippen LogP contribution in [0, 0.1) is 0 Å². The van der Waals surface area contributed by atoms with Crippen LogP contribution in [0.5, 0.6) is 0 Å². The fourth-order valence-electron chi connectivity index (χ4n) is 6.00. The molecule has 159 valence electrons. The van der Waals surface area contributed by atoms with Gasteiger partial charge in [0.05, 0.1) is 0 Å². The molecule has 0 unspecified atom stereocenters. The minimum absolute atomic E-state index is 1.17. The Morgan fingerprint density at radius 1 is 0.613 bits per heavy atom. The molecule has 0 saturated heterocycles. The second-order valence-electron chi connectivity index (χ2n) is 10.5. The molecule has 1 aliphatic rings. The van der Waals surface area contributed by atoms with E-state index < -0.39 is 28.4 Å². The van der Waals surface area contributed by atoms with Crippen molar-refractivity contribution >= 4 is 13.8 Å². The summed E-state index contributed by atoms with van der Waals surface area (Å²) in [5.74, 6) is 0. The van der Waals surface area contributed by atoms with Crippen molar-refractivity contribution in [1.82, 2.24) is 0 Å².